The molecule has 0 N–H and O–H groups in total. The van der Waals surface area contributed by atoms with Gasteiger partial charge in [0.2, 0.25) is 0 Å². The molecule has 20 heavy (non-hydrogen) atoms. The number of nitriles is 1. The topological polar surface area (TPSA) is 44.1 Å². The Kier molecular flexibility index (Phi) is 3.35. The molecule has 2 unspecified atom stereocenters. The lowest BCUT2D eigenvalue weighted by Crippen LogP contribution is -2.43. The normalized spacial score (nSPS) is 25.4. The molecule has 104 valence electrons. The van der Waals surface area contributed by atoms with Crippen LogP contribution in [0.15, 0.2) is 18.2 Å². The van der Waals surface area contributed by atoms with Crippen LogP contribution in [-0.4, -0.2) is 30.3 Å². The van der Waals surface area contributed by atoms with Crippen molar-refractivity contribution in [1.29, 1.82) is 5.26 Å². The summed E-state index contributed by atoms with van der Waals surface area (Å²) >= 11 is 0. The highest BCUT2D eigenvalue weighted by Gasteiger charge is 2.36. The smallest absolute Gasteiger partial charge is 0.180 e. The van der Waals surface area contributed by atoms with Crippen LogP contribution >= 0.6 is 0 Å². The van der Waals surface area contributed by atoms with E-state index in [0.717, 1.165) is 30.0 Å². The summed E-state index contributed by atoms with van der Waals surface area (Å²) < 4.78 is 0. The van der Waals surface area contributed by atoms with Gasteiger partial charge in [0.15, 0.2) is 5.78 Å². The van der Waals surface area contributed by atoms with Crippen molar-refractivity contribution >= 4 is 5.78 Å². The van der Waals surface area contributed by atoms with Gasteiger partial charge in [-0.1, -0.05) is 6.92 Å². The Morgan fingerprint density at radius 2 is 2.15 bits per heavy atom. The van der Waals surface area contributed by atoms with E-state index in [4.69, 9.17) is 5.26 Å². The maximum atomic E-state index is 12.7. The molecule has 3 rings (SSSR count). The van der Waals surface area contributed by atoms with Crippen LogP contribution in [0.2, 0.25) is 0 Å². The number of carbonyl (C=O) groups excluding carboxylic acids is 1. The van der Waals surface area contributed by atoms with Crippen molar-refractivity contribution in [1.82, 2.24) is 4.90 Å². The number of Topliss-reactive ketones (excluding diaryl/α,β-unsaturated/α-hetero) is 1. The SMILES string of the molecule is CC1CC(N(C)CC2CC2)C(=O)c2ccc(C#N)cc21. The van der Waals surface area contributed by atoms with Gasteiger partial charge in [0.1, 0.15) is 0 Å². The zero-order valence-electron chi connectivity index (χ0n) is 12.1. The first kappa shape index (κ1) is 13.3. The molecule has 1 saturated carbocycles. The van der Waals surface area contributed by atoms with Crippen molar-refractivity contribution in [3.8, 4) is 6.07 Å². The summed E-state index contributed by atoms with van der Waals surface area (Å²) in [4.78, 5) is 14.9. The molecule has 2 atom stereocenters. The summed E-state index contributed by atoms with van der Waals surface area (Å²) in [6.07, 6.45) is 3.48. The third-order valence-electron chi connectivity index (χ3n) is 4.63. The Labute approximate surface area is 120 Å². The molecule has 1 aromatic rings. The number of rotatable bonds is 3. The van der Waals surface area contributed by atoms with Crippen molar-refractivity contribution in [3.63, 3.8) is 0 Å². The quantitative estimate of drug-likeness (QED) is 0.846. The monoisotopic (exact) mass is 268 g/mol. The second kappa shape index (κ2) is 5.03. The van der Waals surface area contributed by atoms with E-state index < -0.39 is 0 Å². The maximum absolute atomic E-state index is 12.7. The third kappa shape index (κ3) is 2.36. The highest BCUT2D eigenvalue weighted by Crippen LogP contribution is 2.36. The van der Waals surface area contributed by atoms with Gasteiger partial charge in [-0.05, 0) is 61.9 Å². The summed E-state index contributed by atoms with van der Waals surface area (Å²) in [5.41, 5.74) is 2.51. The lowest BCUT2D eigenvalue weighted by Gasteiger charge is -2.34. The Hall–Kier alpha value is -1.66. The van der Waals surface area contributed by atoms with Crippen LogP contribution in [0.4, 0.5) is 0 Å². The van der Waals surface area contributed by atoms with Crippen LogP contribution in [0.5, 0.6) is 0 Å². The molecule has 0 spiro atoms. The molecular formula is C17H20N2O. The van der Waals surface area contributed by atoms with E-state index in [1.165, 1.54) is 12.8 Å². The van der Waals surface area contributed by atoms with Crippen LogP contribution < -0.4 is 0 Å². The van der Waals surface area contributed by atoms with Gasteiger partial charge in [0, 0.05) is 12.1 Å². The van der Waals surface area contributed by atoms with Gasteiger partial charge in [0.25, 0.3) is 0 Å². The fourth-order valence-corrected chi connectivity index (χ4v) is 3.23. The van der Waals surface area contributed by atoms with Gasteiger partial charge in [-0.2, -0.15) is 5.26 Å². The molecule has 2 aliphatic rings. The molecule has 0 heterocycles. The standard InChI is InChI=1S/C17H20N2O/c1-11-7-16(19(2)10-12-3-4-12)17(20)14-6-5-13(9-18)8-15(11)14/h5-6,8,11-12,16H,3-4,7,10H2,1-2H3. The predicted molar refractivity (Wildman–Crippen MR) is 77.7 cm³/mol. The van der Waals surface area contributed by atoms with Crippen molar-refractivity contribution in [2.24, 2.45) is 5.92 Å². The van der Waals surface area contributed by atoms with E-state index in [9.17, 15) is 4.79 Å². The minimum absolute atomic E-state index is 0.00559. The summed E-state index contributed by atoms with van der Waals surface area (Å²) in [6, 6.07) is 7.64. The number of hydrogen-bond donors (Lipinski definition) is 0. The van der Waals surface area contributed by atoms with Crippen LogP contribution in [0.25, 0.3) is 0 Å². The van der Waals surface area contributed by atoms with E-state index in [1.54, 1.807) is 6.07 Å². The molecule has 1 aromatic carbocycles. The highest BCUT2D eigenvalue weighted by molar-refractivity contribution is 6.02. The van der Waals surface area contributed by atoms with Crippen LogP contribution in [-0.2, 0) is 0 Å². The van der Waals surface area contributed by atoms with E-state index >= 15 is 0 Å². The zero-order valence-corrected chi connectivity index (χ0v) is 12.1. The van der Waals surface area contributed by atoms with Gasteiger partial charge in [0.05, 0.1) is 17.7 Å². The lowest BCUT2D eigenvalue weighted by atomic mass is 9.79. The zero-order chi connectivity index (χ0) is 14.3. The van der Waals surface area contributed by atoms with Crippen LogP contribution in [0.3, 0.4) is 0 Å². The molecule has 0 radical (unpaired) electrons. The molecular weight excluding hydrogens is 248 g/mol. The molecule has 0 aromatic heterocycles. The van der Waals surface area contributed by atoms with Crippen LogP contribution in [0, 0.1) is 17.2 Å². The summed E-state index contributed by atoms with van der Waals surface area (Å²) in [5.74, 6) is 1.36. The van der Waals surface area contributed by atoms with Crippen molar-refractivity contribution in [3.05, 3.63) is 34.9 Å². The van der Waals surface area contributed by atoms with Gasteiger partial charge >= 0.3 is 0 Å². The van der Waals surface area contributed by atoms with Gasteiger partial charge in [-0.25, -0.2) is 0 Å². The van der Waals surface area contributed by atoms with E-state index in [1.807, 2.05) is 12.1 Å². The second-order valence-corrected chi connectivity index (χ2v) is 6.31. The predicted octanol–water partition coefficient (Wildman–Crippen LogP) is 2.96. The average Bonchev–Trinajstić information content (AvgIpc) is 3.26. The second-order valence-electron chi connectivity index (χ2n) is 6.31. The molecule has 0 saturated heterocycles. The number of carbonyl (C=O) groups is 1. The van der Waals surface area contributed by atoms with E-state index in [2.05, 4.69) is 24.9 Å². The summed E-state index contributed by atoms with van der Waals surface area (Å²) in [7, 11) is 2.07. The maximum Gasteiger partial charge on any atom is 0.180 e. The van der Waals surface area contributed by atoms with Crippen molar-refractivity contribution in [2.45, 2.75) is 38.1 Å². The third-order valence-corrected chi connectivity index (χ3v) is 4.63. The average molecular weight is 268 g/mol. The molecule has 3 nitrogen and oxygen atoms in total. The Bertz CT molecular complexity index is 583. The molecule has 0 bridgehead atoms. The number of likely N-dealkylation sites (N-methyl/N-ethyl adjacent to an activating group) is 1. The van der Waals surface area contributed by atoms with Gasteiger partial charge < -0.3 is 0 Å². The Morgan fingerprint density at radius 3 is 2.80 bits per heavy atom. The lowest BCUT2D eigenvalue weighted by molar-refractivity contribution is 0.0809. The number of nitrogens with zero attached hydrogens (tertiary/aromatic N) is 2. The van der Waals surface area contributed by atoms with Crippen molar-refractivity contribution in [2.75, 3.05) is 13.6 Å². The summed E-state index contributed by atoms with van der Waals surface area (Å²) in [5, 5.41) is 8.99. The molecule has 1 fully saturated rings. The number of hydrogen-bond acceptors (Lipinski definition) is 3. The highest BCUT2D eigenvalue weighted by atomic mass is 16.1. The first-order valence-electron chi connectivity index (χ1n) is 7.38. The first-order chi connectivity index (χ1) is 9.60. The van der Waals surface area contributed by atoms with Gasteiger partial charge in [-0.3, -0.25) is 9.69 Å². The summed E-state index contributed by atoms with van der Waals surface area (Å²) in [6.45, 7) is 3.19. The van der Waals surface area contributed by atoms with Gasteiger partial charge in [-0.15, -0.1) is 0 Å². The number of benzene rings is 1. The molecule has 0 aliphatic heterocycles. The molecule has 2 aliphatic carbocycles. The minimum atomic E-state index is 0.00559. The number of fused-ring (bicyclic) bond motifs is 1. The first-order valence-corrected chi connectivity index (χ1v) is 7.38. The fourth-order valence-electron chi connectivity index (χ4n) is 3.23. The van der Waals surface area contributed by atoms with Crippen LogP contribution in [0.1, 0.15) is 53.6 Å². The molecule has 3 heteroatoms. The Morgan fingerprint density at radius 1 is 1.40 bits per heavy atom. The minimum Gasteiger partial charge on any atom is -0.296 e. The fraction of sp³-hybridized carbons (Fsp3) is 0.529. The largest absolute Gasteiger partial charge is 0.296 e. The Balaban J connectivity index is 1.88. The van der Waals surface area contributed by atoms with E-state index in [-0.39, 0.29) is 11.8 Å². The van der Waals surface area contributed by atoms with E-state index in [0.29, 0.717) is 11.5 Å². The number of ketones is 1. The molecule has 0 amide bonds. The van der Waals surface area contributed by atoms with Crippen molar-refractivity contribution < 1.29 is 4.79 Å².